The summed E-state index contributed by atoms with van der Waals surface area (Å²) in [6.45, 7) is 0. The third kappa shape index (κ3) is 3.53. The monoisotopic (exact) mass is 422 g/mol. The first kappa shape index (κ1) is 14.9. The fraction of sp³-hybridized carbons (Fsp3) is 0.0833. The first-order chi connectivity index (χ1) is 8.90. The number of rotatable bonds is 4. The van der Waals surface area contributed by atoms with Crippen LogP contribution in [0, 0.1) is 0 Å². The van der Waals surface area contributed by atoms with Crippen molar-refractivity contribution in [1.82, 2.24) is 0 Å². The highest BCUT2D eigenvalue weighted by atomic mass is 79.9. The quantitative estimate of drug-likeness (QED) is 0.700. The van der Waals surface area contributed by atoms with E-state index in [4.69, 9.17) is 0 Å². The Morgan fingerprint density at radius 2 is 1.79 bits per heavy atom. The van der Waals surface area contributed by atoms with Gasteiger partial charge < -0.3 is 0 Å². The summed E-state index contributed by atoms with van der Waals surface area (Å²) in [6.07, 6.45) is 0. The van der Waals surface area contributed by atoms with Crippen LogP contribution in [-0.2, 0) is 9.84 Å². The second kappa shape index (κ2) is 5.87. The van der Waals surface area contributed by atoms with Crippen molar-refractivity contribution >= 4 is 58.8 Å². The van der Waals surface area contributed by atoms with Gasteiger partial charge in [0.25, 0.3) is 0 Å². The Morgan fingerprint density at radius 3 is 2.37 bits per heavy atom. The summed E-state index contributed by atoms with van der Waals surface area (Å²) in [4.78, 5) is 12.5. The number of halogens is 2. The Labute approximate surface area is 131 Å². The van der Waals surface area contributed by atoms with Gasteiger partial charge in [-0.1, -0.05) is 12.1 Å². The third-order valence-electron chi connectivity index (χ3n) is 2.34. The molecule has 0 unspecified atom stereocenters. The summed E-state index contributed by atoms with van der Waals surface area (Å²) in [5.41, 5.74) is 0. The van der Waals surface area contributed by atoms with Gasteiger partial charge >= 0.3 is 0 Å². The number of sulfone groups is 1. The molecule has 2 rings (SSSR count). The summed E-state index contributed by atoms with van der Waals surface area (Å²) in [6, 6.07) is 9.82. The van der Waals surface area contributed by atoms with E-state index < -0.39 is 21.4 Å². The van der Waals surface area contributed by atoms with Gasteiger partial charge in [0, 0.05) is 4.47 Å². The molecule has 100 valence electrons. The Hall–Kier alpha value is -0.500. The lowest BCUT2D eigenvalue weighted by molar-refractivity contribution is 0.102. The Kier molecular flexibility index (Phi) is 4.60. The Morgan fingerprint density at radius 1 is 1.11 bits per heavy atom. The summed E-state index contributed by atoms with van der Waals surface area (Å²) in [5.74, 6) is -0.922. The number of carbonyl (C=O) groups excluding carboxylic acids is 1. The Balaban J connectivity index is 2.28. The number of carbonyl (C=O) groups is 1. The lowest BCUT2D eigenvalue weighted by Gasteiger charge is -2.05. The van der Waals surface area contributed by atoms with Crippen molar-refractivity contribution in [2.24, 2.45) is 0 Å². The molecule has 0 aliphatic carbocycles. The van der Waals surface area contributed by atoms with Gasteiger partial charge in [-0.15, -0.1) is 11.3 Å². The normalized spacial score (nSPS) is 11.5. The van der Waals surface area contributed by atoms with Crippen LogP contribution in [0.15, 0.2) is 49.6 Å². The molecule has 0 bridgehead atoms. The SMILES string of the molecule is O=C(CS(=O)(=O)c1ccccc1Br)c1ccc(Br)s1. The van der Waals surface area contributed by atoms with E-state index in [1.165, 1.54) is 17.4 Å². The van der Waals surface area contributed by atoms with E-state index in [0.717, 1.165) is 3.79 Å². The van der Waals surface area contributed by atoms with E-state index in [1.807, 2.05) is 0 Å². The molecule has 0 aliphatic heterocycles. The predicted octanol–water partition coefficient (Wildman–Crippen LogP) is 3.93. The smallest absolute Gasteiger partial charge is 0.188 e. The Bertz CT molecular complexity index is 720. The average molecular weight is 424 g/mol. The molecule has 2 aromatic rings. The highest BCUT2D eigenvalue weighted by molar-refractivity contribution is 9.11. The zero-order valence-electron chi connectivity index (χ0n) is 9.47. The minimum absolute atomic E-state index is 0.138. The lowest BCUT2D eigenvalue weighted by atomic mass is 10.3. The molecule has 1 aromatic heterocycles. The maximum atomic E-state index is 12.2. The minimum atomic E-state index is -3.63. The van der Waals surface area contributed by atoms with E-state index in [0.29, 0.717) is 9.35 Å². The second-order valence-corrected chi connectivity index (χ2v) is 8.99. The van der Waals surface area contributed by atoms with Crippen LogP contribution in [0.25, 0.3) is 0 Å². The first-order valence-electron chi connectivity index (χ1n) is 5.16. The minimum Gasteiger partial charge on any atom is -0.292 e. The lowest BCUT2D eigenvalue weighted by Crippen LogP contribution is -2.16. The van der Waals surface area contributed by atoms with Crippen LogP contribution >= 0.6 is 43.2 Å². The van der Waals surface area contributed by atoms with Gasteiger partial charge in [0.1, 0.15) is 5.75 Å². The zero-order chi connectivity index (χ0) is 14.0. The molecule has 0 aliphatic rings. The molecular formula is C12H8Br2O3S2. The average Bonchev–Trinajstić information content (AvgIpc) is 2.76. The molecule has 19 heavy (non-hydrogen) atoms. The third-order valence-corrected chi connectivity index (χ3v) is 6.63. The van der Waals surface area contributed by atoms with Gasteiger partial charge in [0.2, 0.25) is 0 Å². The number of hydrogen-bond acceptors (Lipinski definition) is 4. The first-order valence-corrected chi connectivity index (χ1v) is 9.21. The van der Waals surface area contributed by atoms with Crippen LogP contribution in [0.3, 0.4) is 0 Å². The summed E-state index contributed by atoms with van der Waals surface area (Å²) in [5, 5.41) is 0. The number of ketones is 1. The fourth-order valence-corrected chi connectivity index (χ4v) is 5.23. The molecule has 0 radical (unpaired) electrons. The molecule has 3 nitrogen and oxygen atoms in total. The maximum absolute atomic E-state index is 12.2. The fourth-order valence-electron chi connectivity index (χ4n) is 1.48. The summed E-state index contributed by atoms with van der Waals surface area (Å²) < 4.78 is 25.6. The topological polar surface area (TPSA) is 51.2 Å². The molecule has 0 spiro atoms. The van der Waals surface area contributed by atoms with Crippen LogP contribution in [0.2, 0.25) is 0 Å². The molecule has 0 saturated heterocycles. The van der Waals surface area contributed by atoms with E-state index in [9.17, 15) is 13.2 Å². The van der Waals surface area contributed by atoms with Crippen LogP contribution in [-0.4, -0.2) is 20.0 Å². The van der Waals surface area contributed by atoms with Crippen molar-refractivity contribution in [3.05, 3.63) is 49.5 Å². The largest absolute Gasteiger partial charge is 0.292 e. The van der Waals surface area contributed by atoms with Crippen molar-refractivity contribution in [3.8, 4) is 0 Å². The molecule has 0 atom stereocenters. The van der Waals surface area contributed by atoms with E-state index in [1.54, 1.807) is 30.3 Å². The number of benzene rings is 1. The van der Waals surface area contributed by atoms with Crippen molar-refractivity contribution in [1.29, 1.82) is 0 Å². The number of Topliss-reactive ketones (excluding diaryl/α,β-unsaturated/α-hetero) is 1. The molecule has 0 fully saturated rings. The van der Waals surface area contributed by atoms with Gasteiger partial charge in [0.05, 0.1) is 13.6 Å². The molecule has 0 N–H and O–H groups in total. The second-order valence-electron chi connectivity index (χ2n) is 3.72. The van der Waals surface area contributed by atoms with E-state index in [-0.39, 0.29) is 4.90 Å². The van der Waals surface area contributed by atoms with Crippen LogP contribution < -0.4 is 0 Å². The van der Waals surface area contributed by atoms with Gasteiger partial charge in [-0.25, -0.2) is 8.42 Å². The highest BCUT2D eigenvalue weighted by Crippen LogP contribution is 2.26. The van der Waals surface area contributed by atoms with E-state index >= 15 is 0 Å². The highest BCUT2D eigenvalue weighted by Gasteiger charge is 2.23. The van der Waals surface area contributed by atoms with E-state index in [2.05, 4.69) is 31.9 Å². The van der Waals surface area contributed by atoms with Crippen LogP contribution in [0.5, 0.6) is 0 Å². The molecule has 7 heteroatoms. The van der Waals surface area contributed by atoms with Gasteiger partial charge in [-0.3, -0.25) is 4.79 Å². The zero-order valence-corrected chi connectivity index (χ0v) is 14.3. The van der Waals surface area contributed by atoms with Crippen molar-refractivity contribution in [3.63, 3.8) is 0 Å². The van der Waals surface area contributed by atoms with Gasteiger partial charge in [0.15, 0.2) is 15.6 Å². The maximum Gasteiger partial charge on any atom is 0.188 e. The van der Waals surface area contributed by atoms with Gasteiger partial charge in [-0.05, 0) is 56.1 Å². The van der Waals surface area contributed by atoms with Gasteiger partial charge in [-0.2, -0.15) is 0 Å². The number of hydrogen-bond donors (Lipinski definition) is 0. The molecular weight excluding hydrogens is 416 g/mol. The standard InChI is InChI=1S/C12H8Br2O3S2/c13-8-3-1-2-4-11(8)19(16,17)7-9(15)10-5-6-12(14)18-10/h1-6H,7H2. The predicted molar refractivity (Wildman–Crippen MR) is 82.5 cm³/mol. The van der Waals surface area contributed by atoms with Crippen LogP contribution in [0.4, 0.5) is 0 Å². The summed E-state index contributed by atoms with van der Waals surface area (Å²) in [7, 11) is -3.63. The molecule has 0 saturated carbocycles. The summed E-state index contributed by atoms with van der Waals surface area (Å²) >= 11 is 7.66. The molecule has 1 aromatic carbocycles. The van der Waals surface area contributed by atoms with Crippen LogP contribution in [0.1, 0.15) is 9.67 Å². The van der Waals surface area contributed by atoms with Crippen molar-refractivity contribution < 1.29 is 13.2 Å². The van der Waals surface area contributed by atoms with Crippen molar-refractivity contribution in [2.45, 2.75) is 4.90 Å². The number of thiophene rings is 1. The molecule has 1 heterocycles. The molecule has 0 amide bonds. The van der Waals surface area contributed by atoms with Crippen molar-refractivity contribution in [2.75, 3.05) is 5.75 Å².